The Hall–Kier alpha value is -2.64. The number of hydrogen-bond acceptors (Lipinski definition) is 6. The average molecular weight is 438 g/mol. The van der Waals surface area contributed by atoms with E-state index in [9.17, 15) is 4.79 Å². The highest BCUT2D eigenvalue weighted by Crippen LogP contribution is 2.36. The topological polar surface area (TPSA) is 63.7 Å². The SMILES string of the molecule is CC(NC(=O)CN1CCCCC1c1nc2ccccc2s1)c1ccc2c(c1)OCCO2. The minimum atomic E-state index is -0.103. The summed E-state index contributed by atoms with van der Waals surface area (Å²) in [5.41, 5.74) is 2.06. The van der Waals surface area contributed by atoms with Gasteiger partial charge in [0.1, 0.15) is 18.2 Å². The summed E-state index contributed by atoms with van der Waals surface area (Å²) in [6.45, 7) is 4.44. The molecule has 0 spiro atoms. The third-order valence-corrected chi connectivity index (χ3v) is 7.14. The predicted octanol–water partition coefficient (Wildman–Crippen LogP) is 4.47. The van der Waals surface area contributed by atoms with Crippen LogP contribution in [0, 0.1) is 0 Å². The Kier molecular flexibility index (Phi) is 5.78. The van der Waals surface area contributed by atoms with Crippen LogP contribution in [0.5, 0.6) is 11.5 Å². The molecular formula is C24H27N3O3S. The maximum absolute atomic E-state index is 12.9. The number of rotatable bonds is 5. The van der Waals surface area contributed by atoms with Gasteiger partial charge in [-0.15, -0.1) is 11.3 Å². The quantitative estimate of drug-likeness (QED) is 0.638. The normalized spacial score (nSPS) is 19.8. The molecule has 0 saturated carbocycles. The minimum Gasteiger partial charge on any atom is -0.486 e. The van der Waals surface area contributed by atoms with Crippen molar-refractivity contribution in [3.8, 4) is 11.5 Å². The second-order valence-corrected chi connectivity index (χ2v) is 9.26. The predicted molar refractivity (Wildman–Crippen MR) is 122 cm³/mol. The molecule has 1 saturated heterocycles. The molecule has 2 unspecified atom stereocenters. The number of carbonyl (C=O) groups is 1. The molecule has 5 rings (SSSR count). The number of thiazole rings is 1. The number of aromatic nitrogens is 1. The number of amides is 1. The summed E-state index contributed by atoms with van der Waals surface area (Å²) < 4.78 is 12.5. The highest BCUT2D eigenvalue weighted by atomic mass is 32.1. The van der Waals surface area contributed by atoms with Crippen LogP contribution in [0.4, 0.5) is 0 Å². The highest BCUT2D eigenvalue weighted by molar-refractivity contribution is 7.18. The first kappa shape index (κ1) is 20.3. The zero-order valence-corrected chi connectivity index (χ0v) is 18.5. The smallest absolute Gasteiger partial charge is 0.234 e. The average Bonchev–Trinajstić information content (AvgIpc) is 3.23. The lowest BCUT2D eigenvalue weighted by atomic mass is 10.0. The van der Waals surface area contributed by atoms with Gasteiger partial charge < -0.3 is 14.8 Å². The molecule has 0 bridgehead atoms. The Morgan fingerprint density at radius 1 is 1.19 bits per heavy atom. The molecule has 162 valence electrons. The Morgan fingerprint density at radius 3 is 2.90 bits per heavy atom. The van der Waals surface area contributed by atoms with Gasteiger partial charge in [0.05, 0.1) is 28.8 Å². The van der Waals surface area contributed by atoms with Crippen LogP contribution in [-0.2, 0) is 4.79 Å². The van der Waals surface area contributed by atoms with Gasteiger partial charge in [0, 0.05) is 0 Å². The molecule has 3 aromatic rings. The van der Waals surface area contributed by atoms with E-state index in [0.717, 1.165) is 47.0 Å². The third kappa shape index (κ3) is 4.38. The number of hydrogen-bond donors (Lipinski definition) is 1. The molecule has 0 aliphatic carbocycles. The van der Waals surface area contributed by atoms with Gasteiger partial charge >= 0.3 is 0 Å². The Balaban J connectivity index is 1.26. The number of nitrogens with one attached hydrogen (secondary N) is 1. The molecule has 3 heterocycles. The lowest BCUT2D eigenvalue weighted by Gasteiger charge is -2.34. The molecule has 31 heavy (non-hydrogen) atoms. The summed E-state index contributed by atoms with van der Waals surface area (Å²) in [5, 5.41) is 4.27. The van der Waals surface area contributed by atoms with E-state index in [1.807, 2.05) is 31.2 Å². The third-order valence-electron chi connectivity index (χ3n) is 6.00. The zero-order chi connectivity index (χ0) is 21.2. The number of carbonyl (C=O) groups excluding carboxylic acids is 1. The fraction of sp³-hybridized carbons (Fsp3) is 0.417. The van der Waals surface area contributed by atoms with Crippen LogP contribution in [0.3, 0.4) is 0 Å². The van der Waals surface area contributed by atoms with Crippen molar-refractivity contribution in [3.63, 3.8) is 0 Å². The maximum atomic E-state index is 12.9. The molecule has 0 radical (unpaired) electrons. The van der Waals surface area contributed by atoms with Crippen molar-refractivity contribution in [1.82, 2.24) is 15.2 Å². The highest BCUT2D eigenvalue weighted by Gasteiger charge is 2.28. The Morgan fingerprint density at radius 2 is 2.03 bits per heavy atom. The largest absolute Gasteiger partial charge is 0.486 e. The van der Waals surface area contributed by atoms with Crippen molar-refractivity contribution >= 4 is 27.5 Å². The standard InChI is InChI=1S/C24H27N3O3S/c1-16(17-9-10-20-21(14-17)30-13-12-29-20)25-23(28)15-27-11-5-4-7-19(27)24-26-18-6-2-3-8-22(18)31-24/h2-3,6,8-10,14,16,19H,4-5,7,11-13,15H2,1H3,(H,25,28). The summed E-state index contributed by atoms with van der Waals surface area (Å²) in [7, 11) is 0. The first-order valence-corrected chi connectivity index (χ1v) is 11.8. The van der Waals surface area contributed by atoms with Crippen LogP contribution >= 0.6 is 11.3 Å². The molecule has 7 heteroatoms. The van der Waals surface area contributed by atoms with E-state index in [1.165, 1.54) is 11.1 Å². The van der Waals surface area contributed by atoms with Gasteiger partial charge in [-0.05, 0) is 56.1 Å². The molecule has 2 aromatic carbocycles. The fourth-order valence-electron chi connectivity index (χ4n) is 4.38. The summed E-state index contributed by atoms with van der Waals surface area (Å²) in [6, 6.07) is 14.2. The van der Waals surface area contributed by atoms with Crippen LogP contribution in [0.1, 0.15) is 48.8 Å². The van der Waals surface area contributed by atoms with E-state index in [0.29, 0.717) is 19.8 Å². The van der Waals surface area contributed by atoms with Gasteiger partial charge in [-0.25, -0.2) is 4.98 Å². The van der Waals surface area contributed by atoms with Crippen LogP contribution in [0.15, 0.2) is 42.5 Å². The van der Waals surface area contributed by atoms with E-state index in [1.54, 1.807) is 11.3 Å². The summed E-state index contributed by atoms with van der Waals surface area (Å²) >= 11 is 1.75. The maximum Gasteiger partial charge on any atom is 0.234 e. The van der Waals surface area contributed by atoms with Crippen LogP contribution in [0.25, 0.3) is 10.2 Å². The van der Waals surface area contributed by atoms with Gasteiger partial charge in [0.25, 0.3) is 0 Å². The van der Waals surface area contributed by atoms with Gasteiger partial charge in [-0.1, -0.05) is 24.6 Å². The number of benzene rings is 2. The van der Waals surface area contributed by atoms with Crippen LogP contribution < -0.4 is 14.8 Å². The van der Waals surface area contributed by atoms with Crippen molar-refractivity contribution in [2.45, 2.75) is 38.3 Å². The van der Waals surface area contributed by atoms with Crippen molar-refractivity contribution in [3.05, 3.63) is 53.0 Å². The lowest BCUT2D eigenvalue weighted by Crippen LogP contribution is -2.42. The van der Waals surface area contributed by atoms with E-state index in [-0.39, 0.29) is 18.0 Å². The molecule has 1 fully saturated rings. The molecular weight excluding hydrogens is 410 g/mol. The fourth-order valence-corrected chi connectivity index (χ4v) is 5.51. The molecule has 6 nitrogen and oxygen atoms in total. The van der Waals surface area contributed by atoms with Crippen molar-refractivity contribution < 1.29 is 14.3 Å². The van der Waals surface area contributed by atoms with Gasteiger partial charge in [0.15, 0.2) is 11.5 Å². The minimum absolute atomic E-state index is 0.0374. The second-order valence-electron chi connectivity index (χ2n) is 8.19. The van der Waals surface area contributed by atoms with Gasteiger partial charge in [-0.2, -0.15) is 0 Å². The summed E-state index contributed by atoms with van der Waals surface area (Å²) in [5.74, 6) is 1.55. The molecule has 1 amide bonds. The Labute approximate surface area is 186 Å². The molecule has 1 aromatic heterocycles. The van der Waals surface area contributed by atoms with E-state index in [4.69, 9.17) is 14.5 Å². The second kappa shape index (κ2) is 8.85. The first-order chi connectivity index (χ1) is 15.2. The van der Waals surface area contributed by atoms with E-state index < -0.39 is 0 Å². The molecule has 2 aliphatic heterocycles. The van der Waals surface area contributed by atoms with Crippen molar-refractivity contribution in [2.24, 2.45) is 0 Å². The number of piperidine rings is 1. The molecule has 1 N–H and O–H groups in total. The summed E-state index contributed by atoms with van der Waals surface area (Å²) in [6.07, 6.45) is 3.34. The molecule has 2 aliphatic rings. The van der Waals surface area contributed by atoms with Crippen LogP contribution in [-0.4, -0.2) is 42.1 Å². The number of nitrogens with zero attached hydrogens (tertiary/aromatic N) is 2. The van der Waals surface area contributed by atoms with Crippen molar-refractivity contribution in [1.29, 1.82) is 0 Å². The molecule has 2 atom stereocenters. The number of ether oxygens (including phenoxy) is 2. The zero-order valence-electron chi connectivity index (χ0n) is 17.7. The summed E-state index contributed by atoms with van der Waals surface area (Å²) in [4.78, 5) is 20.1. The number of fused-ring (bicyclic) bond motifs is 2. The number of para-hydroxylation sites is 1. The first-order valence-electron chi connectivity index (χ1n) is 11.0. The van der Waals surface area contributed by atoms with Crippen LogP contribution in [0.2, 0.25) is 0 Å². The van der Waals surface area contributed by atoms with Gasteiger partial charge in [-0.3, -0.25) is 9.69 Å². The monoisotopic (exact) mass is 437 g/mol. The Bertz CT molecular complexity index is 1050. The van der Waals surface area contributed by atoms with E-state index >= 15 is 0 Å². The van der Waals surface area contributed by atoms with Crippen molar-refractivity contribution in [2.75, 3.05) is 26.3 Å². The number of likely N-dealkylation sites (tertiary alicyclic amines) is 1. The lowest BCUT2D eigenvalue weighted by molar-refractivity contribution is -0.123. The van der Waals surface area contributed by atoms with E-state index in [2.05, 4.69) is 28.4 Å². The van der Waals surface area contributed by atoms with Gasteiger partial charge in [0.2, 0.25) is 5.91 Å².